The molecule has 0 aliphatic carbocycles. The molecule has 0 bridgehead atoms. The van der Waals surface area contributed by atoms with Crippen molar-refractivity contribution in [1.82, 2.24) is 0 Å². The van der Waals surface area contributed by atoms with Crippen molar-refractivity contribution in [3.8, 4) is 5.75 Å². The first-order valence-corrected chi connectivity index (χ1v) is 9.78. The van der Waals surface area contributed by atoms with Crippen LogP contribution in [0.15, 0.2) is 12.1 Å². The van der Waals surface area contributed by atoms with Crippen LogP contribution in [0, 0.1) is 0 Å². The average molecular weight is 248 g/mol. The first-order chi connectivity index (χ1) is 7.82. The quantitative estimate of drug-likeness (QED) is 0.694. The van der Waals surface area contributed by atoms with Crippen LogP contribution in [0.3, 0.4) is 0 Å². The Hall–Kier alpha value is -0.763. The molecule has 1 aromatic carbocycles. The summed E-state index contributed by atoms with van der Waals surface area (Å²) in [4.78, 5) is 0. The van der Waals surface area contributed by atoms with E-state index in [0.717, 1.165) is 0 Å². The van der Waals surface area contributed by atoms with E-state index in [0.29, 0.717) is 11.8 Å². The van der Waals surface area contributed by atoms with Crippen molar-refractivity contribution >= 4 is 8.32 Å². The van der Waals surface area contributed by atoms with Crippen LogP contribution in [0.25, 0.3) is 0 Å². The van der Waals surface area contributed by atoms with Gasteiger partial charge in [0.2, 0.25) is 8.32 Å². The van der Waals surface area contributed by atoms with Gasteiger partial charge in [-0.1, -0.05) is 39.8 Å². The Bertz CT molecular complexity index is 394. The minimum atomic E-state index is -1.50. The second kappa shape index (κ2) is 4.16. The Morgan fingerprint density at radius 3 is 2.06 bits per heavy atom. The highest BCUT2D eigenvalue weighted by molar-refractivity contribution is 6.72. The summed E-state index contributed by atoms with van der Waals surface area (Å²) < 4.78 is 6.32. The highest BCUT2D eigenvalue weighted by atomic mass is 28.4. The molecule has 1 aliphatic heterocycles. The maximum atomic E-state index is 6.32. The van der Waals surface area contributed by atoms with Crippen LogP contribution in [-0.4, -0.2) is 8.32 Å². The summed E-state index contributed by atoms with van der Waals surface area (Å²) in [6.45, 7) is 13.7. The molecule has 0 saturated heterocycles. The first-order valence-electron chi connectivity index (χ1n) is 6.66. The van der Waals surface area contributed by atoms with Crippen molar-refractivity contribution in [1.29, 1.82) is 0 Å². The number of benzene rings is 1. The van der Waals surface area contributed by atoms with Gasteiger partial charge < -0.3 is 4.43 Å². The van der Waals surface area contributed by atoms with Gasteiger partial charge in [-0.15, -0.1) is 0 Å². The highest BCUT2D eigenvalue weighted by Gasteiger charge is 2.36. The summed E-state index contributed by atoms with van der Waals surface area (Å²) in [6, 6.07) is 5.77. The van der Waals surface area contributed by atoms with Crippen LogP contribution in [0.2, 0.25) is 13.1 Å². The van der Waals surface area contributed by atoms with Crippen molar-refractivity contribution < 1.29 is 4.43 Å². The van der Waals surface area contributed by atoms with Gasteiger partial charge in [0, 0.05) is 6.04 Å². The predicted molar refractivity (Wildman–Crippen MR) is 76.4 cm³/mol. The zero-order valence-corrected chi connectivity index (χ0v) is 12.9. The largest absolute Gasteiger partial charge is 0.543 e. The van der Waals surface area contributed by atoms with E-state index in [-0.39, 0.29) is 0 Å². The van der Waals surface area contributed by atoms with E-state index in [2.05, 4.69) is 52.9 Å². The SMILES string of the molecule is CC(C)c1ccc(C(C)C)c2c1C[Si](C)(C)O2. The lowest BCUT2D eigenvalue weighted by atomic mass is 9.91. The molecule has 0 aromatic heterocycles. The summed E-state index contributed by atoms with van der Waals surface area (Å²) >= 11 is 0. The van der Waals surface area contributed by atoms with Crippen molar-refractivity contribution in [2.75, 3.05) is 0 Å². The molecule has 0 amide bonds. The fourth-order valence-corrected chi connectivity index (χ4v) is 4.78. The van der Waals surface area contributed by atoms with E-state index >= 15 is 0 Å². The van der Waals surface area contributed by atoms with Gasteiger partial charge in [0.25, 0.3) is 0 Å². The summed E-state index contributed by atoms with van der Waals surface area (Å²) in [5.41, 5.74) is 4.38. The van der Waals surface area contributed by atoms with E-state index in [4.69, 9.17) is 4.43 Å². The summed E-state index contributed by atoms with van der Waals surface area (Å²) in [6.07, 6.45) is 0. The van der Waals surface area contributed by atoms with E-state index in [9.17, 15) is 0 Å². The predicted octanol–water partition coefficient (Wildman–Crippen LogP) is 4.61. The third-order valence-corrected chi connectivity index (χ3v) is 5.51. The molecule has 94 valence electrons. The van der Waals surface area contributed by atoms with E-state index in [1.54, 1.807) is 0 Å². The lowest BCUT2D eigenvalue weighted by Crippen LogP contribution is -2.32. The van der Waals surface area contributed by atoms with Gasteiger partial charge in [0.1, 0.15) is 5.75 Å². The van der Waals surface area contributed by atoms with Crippen LogP contribution in [0.4, 0.5) is 0 Å². The molecule has 2 rings (SSSR count). The summed E-state index contributed by atoms with van der Waals surface area (Å²) in [7, 11) is -1.50. The molecule has 0 fully saturated rings. The van der Waals surface area contributed by atoms with Gasteiger partial charge in [-0.2, -0.15) is 0 Å². The van der Waals surface area contributed by atoms with E-state index < -0.39 is 8.32 Å². The molecule has 17 heavy (non-hydrogen) atoms. The minimum Gasteiger partial charge on any atom is -0.543 e. The number of hydrogen-bond acceptors (Lipinski definition) is 1. The third kappa shape index (κ3) is 2.28. The molecule has 0 saturated carbocycles. The molecular weight excluding hydrogens is 224 g/mol. The number of hydrogen-bond donors (Lipinski definition) is 0. The standard InChI is InChI=1S/C15H24OSi/c1-10(2)12-7-8-13(11(3)4)15-14(12)9-17(5,6)16-15/h7-8,10-11H,9H2,1-6H3. The smallest absolute Gasteiger partial charge is 0.249 e. The first kappa shape index (κ1) is 12.7. The molecule has 1 aliphatic rings. The van der Waals surface area contributed by atoms with Gasteiger partial charge >= 0.3 is 0 Å². The molecule has 0 N–H and O–H groups in total. The van der Waals surface area contributed by atoms with Crippen LogP contribution < -0.4 is 4.43 Å². The Morgan fingerprint density at radius 1 is 1.00 bits per heavy atom. The summed E-state index contributed by atoms with van der Waals surface area (Å²) in [5, 5.41) is 0. The molecule has 1 nitrogen and oxygen atoms in total. The van der Waals surface area contributed by atoms with Crippen molar-refractivity contribution in [2.24, 2.45) is 0 Å². The molecule has 0 unspecified atom stereocenters. The van der Waals surface area contributed by atoms with Crippen LogP contribution in [0.1, 0.15) is 56.2 Å². The lowest BCUT2D eigenvalue weighted by molar-refractivity contribution is 0.558. The van der Waals surface area contributed by atoms with Crippen LogP contribution in [0.5, 0.6) is 5.75 Å². The van der Waals surface area contributed by atoms with Crippen molar-refractivity contribution in [3.05, 3.63) is 28.8 Å². The second-order valence-corrected chi connectivity index (χ2v) is 10.5. The van der Waals surface area contributed by atoms with Crippen molar-refractivity contribution in [3.63, 3.8) is 0 Å². The zero-order chi connectivity index (χ0) is 12.8. The Balaban J connectivity index is 2.57. The fourth-order valence-electron chi connectivity index (χ4n) is 2.70. The molecular formula is C15H24OSi. The highest BCUT2D eigenvalue weighted by Crippen LogP contribution is 2.42. The van der Waals surface area contributed by atoms with E-state index in [1.807, 2.05) is 0 Å². The monoisotopic (exact) mass is 248 g/mol. The van der Waals surface area contributed by atoms with Gasteiger partial charge in [-0.3, -0.25) is 0 Å². The fraction of sp³-hybridized carbons (Fsp3) is 0.600. The average Bonchev–Trinajstić information content (AvgIpc) is 2.49. The topological polar surface area (TPSA) is 9.23 Å². The molecule has 1 aromatic rings. The van der Waals surface area contributed by atoms with Gasteiger partial charge in [-0.25, -0.2) is 0 Å². The summed E-state index contributed by atoms with van der Waals surface area (Å²) in [5.74, 6) is 2.37. The van der Waals surface area contributed by atoms with Crippen LogP contribution >= 0.6 is 0 Å². The second-order valence-electron chi connectivity index (χ2n) is 6.40. The number of rotatable bonds is 2. The Kier molecular flexibility index (Phi) is 3.11. The van der Waals surface area contributed by atoms with Gasteiger partial charge in [0.15, 0.2) is 0 Å². The maximum Gasteiger partial charge on any atom is 0.249 e. The number of fused-ring (bicyclic) bond motifs is 1. The Morgan fingerprint density at radius 2 is 1.53 bits per heavy atom. The van der Waals surface area contributed by atoms with Crippen molar-refractivity contribution in [2.45, 2.75) is 58.7 Å². The van der Waals surface area contributed by atoms with Gasteiger partial charge in [-0.05, 0) is 41.6 Å². The van der Waals surface area contributed by atoms with Gasteiger partial charge in [0.05, 0.1) is 0 Å². The maximum absolute atomic E-state index is 6.32. The van der Waals surface area contributed by atoms with Crippen LogP contribution in [-0.2, 0) is 6.04 Å². The molecule has 1 heterocycles. The third-order valence-electron chi connectivity index (χ3n) is 3.55. The molecule has 0 radical (unpaired) electrons. The zero-order valence-electron chi connectivity index (χ0n) is 11.9. The molecule has 0 atom stereocenters. The molecule has 0 spiro atoms. The minimum absolute atomic E-state index is 0.549. The molecule has 2 heteroatoms. The normalized spacial score (nSPS) is 17.4. The Labute approximate surface area is 106 Å². The van der Waals surface area contributed by atoms with E-state index in [1.165, 1.54) is 28.5 Å². The lowest BCUT2D eigenvalue weighted by Gasteiger charge is -2.18.